The van der Waals surface area contributed by atoms with Crippen molar-refractivity contribution in [1.82, 2.24) is 4.72 Å². The largest absolute Gasteiger partial charge is 0.417 e. The van der Waals surface area contributed by atoms with Gasteiger partial charge in [0.15, 0.2) is 0 Å². The van der Waals surface area contributed by atoms with E-state index in [0.717, 1.165) is 6.08 Å². The fourth-order valence-corrected chi connectivity index (χ4v) is 3.12. The molecular weight excluding hydrogens is 448 g/mol. The maximum Gasteiger partial charge on any atom is 0.417 e. The molecule has 0 aromatic heterocycles. The second-order valence-corrected chi connectivity index (χ2v) is 7.59. The van der Waals surface area contributed by atoms with Crippen LogP contribution in [-0.4, -0.2) is 14.3 Å². The lowest BCUT2D eigenvalue weighted by Gasteiger charge is -2.15. The summed E-state index contributed by atoms with van der Waals surface area (Å²) in [7, 11) is -4.55. The fourth-order valence-electron chi connectivity index (χ4n) is 2.15. The second kappa shape index (κ2) is 8.07. The number of hydrogen-bond donors (Lipinski definition) is 1. The number of carbonyl (C=O) groups excluding carboxylic acids is 1. The van der Waals surface area contributed by atoms with Crippen molar-refractivity contribution in [3.8, 4) is 0 Å². The van der Waals surface area contributed by atoms with Gasteiger partial charge in [-0.25, -0.2) is 13.1 Å². The van der Waals surface area contributed by atoms with Crippen molar-refractivity contribution >= 4 is 33.6 Å². The molecule has 29 heavy (non-hydrogen) atoms. The quantitative estimate of drug-likeness (QED) is 0.649. The third-order valence-electron chi connectivity index (χ3n) is 3.42. The van der Waals surface area contributed by atoms with Crippen LogP contribution in [0.4, 0.5) is 26.3 Å². The van der Waals surface area contributed by atoms with Gasteiger partial charge < -0.3 is 0 Å². The lowest BCUT2D eigenvalue weighted by molar-refractivity contribution is -0.143. The zero-order chi connectivity index (χ0) is 22.0. The Kier molecular flexibility index (Phi) is 6.33. The normalized spacial score (nSPS) is 12.9. The van der Waals surface area contributed by atoms with Crippen LogP contribution in [0.1, 0.15) is 27.0 Å². The molecule has 0 heterocycles. The van der Waals surface area contributed by atoms with Crippen LogP contribution in [0.3, 0.4) is 0 Å². The minimum Gasteiger partial charge on any atom is -0.268 e. The number of amides is 1. The monoisotopic (exact) mass is 457 g/mol. The van der Waals surface area contributed by atoms with Crippen LogP contribution in [-0.2, 0) is 22.4 Å². The highest BCUT2D eigenvalue weighted by molar-refractivity contribution is 7.93. The zero-order valence-electron chi connectivity index (χ0n) is 14.0. The van der Waals surface area contributed by atoms with Crippen LogP contribution in [0, 0.1) is 0 Å². The molecule has 2 rings (SSSR count). The molecule has 0 aliphatic rings. The number of carbonyl (C=O) groups is 1. The van der Waals surface area contributed by atoms with E-state index < -0.39 is 45.0 Å². The summed E-state index contributed by atoms with van der Waals surface area (Å²) >= 11 is 5.72. The molecule has 0 aliphatic heterocycles. The Hall–Kier alpha value is -2.53. The topological polar surface area (TPSA) is 63.2 Å². The van der Waals surface area contributed by atoms with E-state index in [2.05, 4.69) is 0 Å². The Balaban J connectivity index is 2.34. The van der Waals surface area contributed by atoms with Crippen molar-refractivity contribution in [3.63, 3.8) is 0 Å². The van der Waals surface area contributed by atoms with E-state index in [1.807, 2.05) is 0 Å². The van der Waals surface area contributed by atoms with Crippen molar-refractivity contribution in [3.05, 3.63) is 75.1 Å². The minimum atomic E-state index is -5.33. The first-order chi connectivity index (χ1) is 13.2. The van der Waals surface area contributed by atoms with E-state index in [1.165, 1.54) is 29.0 Å². The zero-order valence-corrected chi connectivity index (χ0v) is 15.5. The van der Waals surface area contributed by atoms with E-state index in [0.29, 0.717) is 11.0 Å². The molecule has 0 fully saturated rings. The third kappa shape index (κ3) is 6.23. The molecule has 0 saturated heterocycles. The molecule has 0 spiro atoms. The van der Waals surface area contributed by atoms with Gasteiger partial charge in [-0.3, -0.25) is 4.79 Å². The summed E-state index contributed by atoms with van der Waals surface area (Å²) in [5, 5.41) is 0.793. The van der Waals surface area contributed by atoms with Crippen LogP contribution in [0.5, 0.6) is 0 Å². The van der Waals surface area contributed by atoms with Gasteiger partial charge in [-0.2, -0.15) is 26.3 Å². The highest BCUT2D eigenvalue weighted by atomic mass is 35.5. The maximum atomic E-state index is 13.1. The SMILES string of the molecule is O=C(NS(=O)(=O)/C=C/c1cccc(Cl)c1)c1ccc(C(F)(F)F)cc1C(F)(F)F. The summed E-state index contributed by atoms with van der Waals surface area (Å²) in [6, 6.07) is 6.12. The van der Waals surface area contributed by atoms with Gasteiger partial charge in [-0.15, -0.1) is 0 Å². The Morgan fingerprint density at radius 2 is 1.62 bits per heavy atom. The molecule has 0 bridgehead atoms. The van der Waals surface area contributed by atoms with Crippen molar-refractivity contribution in [2.45, 2.75) is 12.4 Å². The summed E-state index contributed by atoms with van der Waals surface area (Å²) in [5.74, 6) is -1.73. The molecule has 156 valence electrons. The number of halogens is 7. The standard InChI is InChI=1S/C17H10ClF6NO3S/c18-12-3-1-2-10(8-12)6-7-29(27,28)25-15(26)13-5-4-11(16(19,20)21)9-14(13)17(22,23)24/h1-9H,(H,25,26)/b7-6+. The number of hydrogen-bond acceptors (Lipinski definition) is 3. The molecule has 0 radical (unpaired) electrons. The Labute approximate surface area is 165 Å². The number of nitrogens with one attached hydrogen (secondary N) is 1. The predicted molar refractivity (Wildman–Crippen MR) is 93.3 cm³/mol. The summed E-state index contributed by atoms with van der Waals surface area (Å²) in [4.78, 5) is 12.0. The smallest absolute Gasteiger partial charge is 0.268 e. The van der Waals surface area contributed by atoms with Crippen LogP contribution in [0.25, 0.3) is 6.08 Å². The first-order valence-electron chi connectivity index (χ1n) is 7.48. The summed E-state index contributed by atoms with van der Waals surface area (Å²) in [6.45, 7) is 0. The first-order valence-corrected chi connectivity index (χ1v) is 9.41. The average Bonchev–Trinajstić information content (AvgIpc) is 2.58. The lowest BCUT2D eigenvalue weighted by Crippen LogP contribution is -2.31. The van der Waals surface area contributed by atoms with E-state index in [4.69, 9.17) is 11.6 Å². The van der Waals surface area contributed by atoms with E-state index >= 15 is 0 Å². The summed E-state index contributed by atoms with van der Waals surface area (Å²) in [5.41, 5.74) is -4.50. The minimum absolute atomic E-state index is 0.249. The number of rotatable bonds is 4. The fraction of sp³-hybridized carbons (Fsp3) is 0.118. The number of alkyl halides is 6. The Morgan fingerprint density at radius 1 is 0.966 bits per heavy atom. The molecular formula is C17H10ClF6NO3S. The maximum absolute atomic E-state index is 13.1. The molecule has 0 saturated carbocycles. The van der Waals surface area contributed by atoms with Gasteiger partial charge in [0.25, 0.3) is 15.9 Å². The molecule has 1 amide bonds. The van der Waals surface area contributed by atoms with E-state index in [-0.39, 0.29) is 23.2 Å². The van der Waals surface area contributed by atoms with Crippen LogP contribution < -0.4 is 4.72 Å². The molecule has 12 heteroatoms. The Morgan fingerprint density at radius 3 is 2.17 bits per heavy atom. The van der Waals surface area contributed by atoms with Crippen molar-refractivity contribution in [2.75, 3.05) is 0 Å². The predicted octanol–water partition coefficient (Wildman–Crippen LogP) is 5.11. The lowest BCUT2D eigenvalue weighted by atomic mass is 10.0. The highest BCUT2D eigenvalue weighted by Crippen LogP contribution is 2.37. The van der Waals surface area contributed by atoms with Crippen molar-refractivity contribution in [1.29, 1.82) is 0 Å². The van der Waals surface area contributed by atoms with Gasteiger partial charge >= 0.3 is 12.4 Å². The molecule has 2 aromatic carbocycles. The van der Waals surface area contributed by atoms with Gasteiger partial charge in [0.1, 0.15) is 0 Å². The van der Waals surface area contributed by atoms with Gasteiger partial charge in [-0.1, -0.05) is 23.7 Å². The van der Waals surface area contributed by atoms with Crippen LogP contribution in [0.2, 0.25) is 5.02 Å². The molecule has 0 unspecified atom stereocenters. The number of benzene rings is 2. The summed E-state index contributed by atoms with van der Waals surface area (Å²) < 4.78 is 103. The molecule has 4 nitrogen and oxygen atoms in total. The molecule has 0 atom stereocenters. The Bertz CT molecular complexity index is 1060. The number of sulfonamides is 1. The van der Waals surface area contributed by atoms with Gasteiger partial charge in [0, 0.05) is 5.02 Å². The molecule has 2 aromatic rings. The highest BCUT2D eigenvalue weighted by Gasteiger charge is 2.39. The first kappa shape index (κ1) is 22.8. The van der Waals surface area contributed by atoms with Crippen LogP contribution in [0.15, 0.2) is 47.9 Å². The van der Waals surface area contributed by atoms with E-state index in [9.17, 15) is 39.6 Å². The van der Waals surface area contributed by atoms with Crippen molar-refractivity contribution < 1.29 is 39.6 Å². The van der Waals surface area contributed by atoms with E-state index in [1.54, 1.807) is 0 Å². The van der Waals surface area contributed by atoms with Crippen molar-refractivity contribution in [2.24, 2.45) is 0 Å². The van der Waals surface area contributed by atoms with Gasteiger partial charge in [0.05, 0.1) is 22.1 Å². The third-order valence-corrected chi connectivity index (χ3v) is 4.62. The molecule has 1 N–H and O–H groups in total. The second-order valence-electron chi connectivity index (χ2n) is 5.59. The molecule has 0 aliphatic carbocycles. The average molecular weight is 458 g/mol. The van der Waals surface area contributed by atoms with Crippen LogP contribution >= 0.6 is 11.6 Å². The van der Waals surface area contributed by atoms with Gasteiger partial charge in [0.2, 0.25) is 0 Å². The summed E-state index contributed by atoms with van der Waals surface area (Å²) in [6.07, 6.45) is -9.38. The van der Waals surface area contributed by atoms with Gasteiger partial charge in [-0.05, 0) is 42.0 Å².